The molecule has 0 atom stereocenters. The van der Waals surface area contributed by atoms with Gasteiger partial charge in [-0.1, -0.05) is 35.4 Å². The molecule has 21 heavy (non-hydrogen) atoms. The maximum absolute atomic E-state index is 13.1. The van der Waals surface area contributed by atoms with Crippen molar-refractivity contribution in [3.8, 4) is 0 Å². The van der Waals surface area contributed by atoms with Crippen LogP contribution in [0.1, 0.15) is 33.4 Å². The van der Waals surface area contributed by atoms with Gasteiger partial charge in [-0.3, -0.25) is 0 Å². The number of benzene rings is 2. The summed E-state index contributed by atoms with van der Waals surface area (Å²) in [6, 6.07) is 7.72. The van der Waals surface area contributed by atoms with E-state index in [0.29, 0.717) is 9.79 Å². The lowest BCUT2D eigenvalue weighted by atomic mass is 10.1. The number of rotatable bonds is 2. The second-order valence-electron chi connectivity index (χ2n) is 5.96. The van der Waals surface area contributed by atoms with E-state index in [9.17, 15) is 8.42 Å². The molecule has 2 rings (SSSR count). The Morgan fingerprint density at radius 3 is 1.05 bits per heavy atom. The van der Waals surface area contributed by atoms with Crippen LogP contribution in [0.4, 0.5) is 0 Å². The van der Waals surface area contributed by atoms with Crippen molar-refractivity contribution in [2.75, 3.05) is 0 Å². The molecule has 0 aliphatic heterocycles. The fourth-order valence-corrected chi connectivity index (χ4v) is 5.42. The summed E-state index contributed by atoms with van der Waals surface area (Å²) < 4.78 is 26.3. The van der Waals surface area contributed by atoms with Crippen LogP contribution in [0.25, 0.3) is 0 Å². The van der Waals surface area contributed by atoms with Gasteiger partial charge in [-0.05, 0) is 63.8 Å². The van der Waals surface area contributed by atoms with Gasteiger partial charge in [0, 0.05) is 0 Å². The third-order valence-corrected chi connectivity index (χ3v) is 6.11. The monoisotopic (exact) mass is 302 g/mol. The first-order valence-electron chi connectivity index (χ1n) is 7.05. The summed E-state index contributed by atoms with van der Waals surface area (Å²) in [6.45, 7) is 11.4. The van der Waals surface area contributed by atoms with E-state index in [1.165, 1.54) is 0 Å². The van der Waals surface area contributed by atoms with Gasteiger partial charge < -0.3 is 0 Å². The van der Waals surface area contributed by atoms with Gasteiger partial charge in [-0.15, -0.1) is 0 Å². The molecule has 0 fully saturated rings. The second kappa shape index (κ2) is 5.30. The van der Waals surface area contributed by atoms with Crippen LogP contribution < -0.4 is 0 Å². The van der Waals surface area contributed by atoms with E-state index in [1.54, 1.807) is 0 Å². The van der Waals surface area contributed by atoms with Crippen LogP contribution in [0.5, 0.6) is 0 Å². The van der Waals surface area contributed by atoms with Crippen molar-refractivity contribution in [1.29, 1.82) is 0 Å². The van der Waals surface area contributed by atoms with Gasteiger partial charge >= 0.3 is 0 Å². The SMILES string of the molecule is Cc1cc(C)c(S(=O)(=O)c2c(C)cc(C)cc2C)c(C)c1. The molecule has 0 saturated heterocycles. The van der Waals surface area contributed by atoms with Gasteiger partial charge in [0.05, 0.1) is 9.79 Å². The van der Waals surface area contributed by atoms with E-state index in [0.717, 1.165) is 33.4 Å². The molecule has 0 saturated carbocycles. The molecule has 2 nitrogen and oxygen atoms in total. The lowest BCUT2D eigenvalue weighted by molar-refractivity contribution is 0.593. The van der Waals surface area contributed by atoms with E-state index in [-0.39, 0.29) is 0 Å². The summed E-state index contributed by atoms with van der Waals surface area (Å²) in [4.78, 5) is 0.895. The Labute approximate surface area is 127 Å². The van der Waals surface area contributed by atoms with Gasteiger partial charge in [-0.25, -0.2) is 8.42 Å². The average molecular weight is 302 g/mol. The highest BCUT2D eigenvalue weighted by atomic mass is 32.2. The van der Waals surface area contributed by atoms with Crippen molar-refractivity contribution < 1.29 is 8.42 Å². The van der Waals surface area contributed by atoms with Crippen LogP contribution in [0.15, 0.2) is 34.1 Å². The van der Waals surface area contributed by atoms with Crippen molar-refractivity contribution in [2.45, 2.75) is 51.3 Å². The van der Waals surface area contributed by atoms with Crippen LogP contribution in [0.2, 0.25) is 0 Å². The zero-order valence-corrected chi connectivity index (χ0v) is 14.4. The molecule has 0 aromatic heterocycles. The summed E-state index contributed by atoms with van der Waals surface area (Å²) in [5.74, 6) is 0. The lowest BCUT2D eigenvalue weighted by Crippen LogP contribution is -2.10. The molecule has 0 aliphatic carbocycles. The van der Waals surface area contributed by atoms with E-state index in [4.69, 9.17) is 0 Å². The fraction of sp³-hybridized carbons (Fsp3) is 0.333. The molecular weight excluding hydrogens is 280 g/mol. The van der Waals surface area contributed by atoms with Crippen molar-refractivity contribution in [2.24, 2.45) is 0 Å². The van der Waals surface area contributed by atoms with E-state index < -0.39 is 9.84 Å². The Kier molecular flexibility index (Phi) is 3.98. The van der Waals surface area contributed by atoms with Crippen molar-refractivity contribution >= 4 is 9.84 Å². The van der Waals surface area contributed by atoms with Gasteiger partial charge in [0.2, 0.25) is 9.84 Å². The normalized spacial score (nSPS) is 11.7. The molecule has 0 spiro atoms. The number of sulfone groups is 1. The molecule has 3 heteroatoms. The van der Waals surface area contributed by atoms with Crippen LogP contribution in [0.3, 0.4) is 0 Å². The quantitative estimate of drug-likeness (QED) is 0.825. The summed E-state index contributed by atoms with van der Waals surface area (Å²) in [7, 11) is -3.50. The summed E-state index contributed by atoms with van der Waals surface area (Å²) in [6.07, 6.45) is 0. The van der Waals surface area contributed by atoms with E-state index in [2.05, 4.69) is 0 Å². The molecule has 0 bridgehead atoms. The first kappa shape index (κ1) is 15.8. The molecule has 112 valence electrons. The zero-order chi connectivity index (χ0) is 15.9. The highest BCUT2D eigenvalue weighted by Crippen LogP contribution is 2.32. The average Bonchev–Trinajstić information content (AvgIpc) is 2.23. The van der Waals surface area contributed by atoms with Crippen molar-refractivity contribution in [3.05, 3.63) is 57.6 Å². The van der Waals surface area contributed by atoms with Crippen molar-refractivity contribution in [1.82, 2.24) is 0 Å². The maximum Gasteiger partial charge on any atom is 0.207 e. The Bertz CT molecular complexity index is 706. The molecule has 0 heterocycles. The van der Waals surface area contributed by atoms with Gasteiger partial charge in [0.15, 0.2) is 0 Å². The zero-order valence-electron chi connectivity index (χ0n) is 13.5. The third kappa shape index (κ3) is 2.75. The Morgan fingerprint density at radius 2 is 0.810 bits per heavy atom. The number of hydrogen-bond acceptors (Lipinski definition) is 2. The minimum absolute atomic E-state index is 0.447. The van der Waals surface area contributed by atoms with Crippen LogP contribution in [-0.2, 0) is 9.84 Å². The largest absolute Gasteiger partial charge is 0.218 e. The van der Waals surface area contributed by atoms with E-state index in [1.807, 2.05) is 65.8 Å². The lowest BCUT2D eigenvalue weighted by Gasteiger charge is -2.16. The maximum atomic E-state index is 13.1. The first-order valence-corrected chi connectivity index (χ1v) is 8.53. The highest BCUT2D eigenvalue weighted by Gasteiger charge is 2.26. The summed E-state index contributed by atoms with van der Waals surface area (Å²) in [5, 5.41) is 0. The standard InChI is InChI=1S/C18H22O2S/c1-11-7-13(3)17(14(4)8-11)21(19,20)18-15(5)9-12(2)10-16(18)6/h7-10H,1-6H3. The van der Waals surface area contributed by atoms with Crippen LogP contribution in [0, 0.1) is 41.5 Å². The Morgan fingerprint density at radius 1 is 0.571 bits per heavy atom. The number of aryl methyl sites for hydroxylation is 6. The first-order chi connectivity index (χ1) is 9.64. The predicted octanol–water partition coefficient (Wildman–Crippen LogP) is 4.37. The molecule has 0 radical (unpaired) electrons. The van der Waals surface area contributed by atoms with Gasteiger partial charge in [0.1, 0.15) is 0 Å². The molecule has 0 aliphatic rings. The minimum atomic E-state index is -3.50. The Balaban J connectivity index is 2.81. The van der Waals surface area contributed by atoms with Crippen LogP contribution >= 0.6 is 0 Å². The molecule has 0 N–H and O–H groups in total. The third-order valence-electron chi connectivity index (χ3n) is 3.75. The minimum Gasteiger partial charge on any atom is -0.218 e. The van der Waals surface area contributed by atoms with Gasteiger partial charge in [0.25, 0.3) is 0 Å². The number of hydrogen-bond donors (Lipinski definition) is 0. The molecule has 2 aromatic rings. The second-order valence-corrected chi connectivity index (χ2v) is 7.78. The fourth-order valence-electron chi connectivity index (χ4n) is 3.28. The van der Waals surface area contributed by atoms with E-state index >= 15 is 0 Å². The Hall–Kier alpha value is -1.61. The summed E-state index contributed by atoms with van der Waals surface area (Å²) in [5.41, 5.74) is 5.42. The molecular formula is C18H22O2S. The van der Waals surface area contributed by atoms with Gasteiger partial charge in [-0.2, -0.15) is 0 Å². The van der Waals surface area contributed by atoms with Crippen molar-refractivity contribution in [3.63, 3.8) is 0 Å². The molecule has 0 unspecified atom stereocenters. The highest BCUT2D eigenvalue weighted by molar-refractivity contribution is 7.91. The topological polar surface area (TPSA) is 34.1 Å². The summed E-state index contributed by atoms with van der Waals surface area (Å²) >= 11 is 0. The molecule has 0 amide bonds. The molecule has 2 aromatic carbocycles. The predicted molar refractivity (Wildman–Crippen MR) is 86.8 cm³/mol. The smallest absolute Gasteiger partial charge is 0.207 e. The van der Waals surface area contributed by atoms with Crippen LogP contribution in [-0.4, -0.2) is 8.42 Å².